The Hall–Kier alpha value is -1.78. The minimum atomic E-state index is -0.391. The van der Waals surface area contributed by atoms with E-state index in [-0.39, 0.29) is 5.69 Å². The molecule has 0 heterocycles. The van der Waals surface area contributed by atoms with Gasteiger partial charge in [-0.15, -0.1) is 0 Å². The maximum atomic E-state index is 10.8. The van der Waals surface area contributed by atoms with Crippen molar-refractivity contribution in [1.82, 2.24) is 0 Å². The van der Waals surface area contributed by atoms with E-state index in [1.807, 2.05) is 0 Å². The molecule has 1 N–H and O–H groups in total. The lowest BCUT2D eigenvalue weighted by Crippen LogP contribution is -2.04. The maximum Gasteiger partial charge on any atom is 0.271 e. The third-order valence-electron chi connectivity index (χ3n) is 3.49. The molecule has 0 spiro atoms. The minimum absolute atomic E-state index is 0.0814. The molecule has 0 aliphatic rings. The fraction of sp³-hybridized carbons (Fsp3) is 0.625. The summed E-state index contributed by atoms with van der Waals surface area (Å²) in [7, 11) is 1.57. The Balaban J connectivity index is 2.33. The zero-order chi connectivity index (χ0) is 15.5. The largest absolute Gasteiger partial charge is 0.495 e. The molecule has 0 saturated heterocycles. The maximum absolute atomic E-state index is 10.8. The Labute approximate surface area is 126 Å². The van der Waals surface area contributed by atoms with E-state index in [9.17, 15) is 10.1 Å². The number of hydrogen-bond donors (Lipinski definition) is 1. The molecule has 0 atom stereocenters. The first-order valence-corrected chi connectivity index (χ1v) is 7.75. The Kier molecular flexibility index (Phi) is 8.24. The number of anilines is 1. The predicted octanol–water partition coefficient (Wildman–Crippen LogP) is 4.77. The van der Waals surface area contributed by atoms with Crippen LogP contribution in [0.15, 0.2) is 18.2 Å². The van der Waals surface area contributed by atoms with Gasteiger partial charge >= 0.3 is 0 Å². The van der Waals surface area contributed by atoms with E-state index >= 15 is 0 Å². The summed E-state index contributed by atoms with van der Waals surface area (Å²) in [5.41, 5.74) is 0.774. The average Bonchev–Trinajstić information content (AvgIpc) is 2.49. The van der Waals surface area contributed by atoms with E-state index in [1.165, 1.54) is 50.7 Å². The molecule has 1 aromatic rings. The number of nitro groups is 1. The molecule has 21 heavy (non-hydrogen) atoms. The third-order valence-corrected chi connectivity index (χ3v) is 3.49. The highest BCUT2D eigenvalue weighted by atomic mass is 16.6. The van der Waals surface area contributed by atoms with E-state index in [0.29, 0.717) is 11.4 Å². The van der Waals surface area contributed by atoms with Crippen LogP contribution in [0.5, 0.6) is 5.75 Å². The van der Waals surface area contributed by atoms with Crippen LogP contribution in [0.3, 0.4) is 0 Å². The van der Waals surface area contributed by atoms with Crippen LogP contribution in [-0.2, 0) is 0 Å². The van der Waals surface area contributed by atoms with Gasteiger partial charge in [0.1, 0.15) is 5.75 Å². The zero-order valence-corrected chi connectivity index (χ0v) is 13.1. The summed E-state index contributed by atoms with van der Waals surface area (Å²) in [6, 6.07) is 4.61. The molecule has 0 fully saturated rings. The molecule has 0 aromatic heterocycles. The number of nitrogens with zero attached hydrogens (tertiary/aromatic N) is 1. The van der Waals surface area contributed by atoms with Crippen LogP contribution in [0, 0.1) is 10.1 Å². The van der Waals surface area contributed by atoms with Crippen molar-refractivity contribution < 1.29 is 9.66 Å². The summed E-state index contributed by atoms with van der Waals surface area (Å²) in [6.07, 6.45) is 8.73. The number of rotatable bonds is 11. The van der Waals surface area contributed by atoms with Gasteiger partial charge in [0.15, 0.2) is 0 Å². The molecule has 1 rings (SSSR count). The van der Waals surface area contributed by atoms with Gasteiger partial charge in [0.05, 0.1) is 17.7 Å². The van der Waals surface area contributed by atoms with Gasteiger partial charge in [-0.2, -0.15) is 0 Å². The van der Waals surface area contributed by atoms with E-state index in [2.05, 4.69) is 12.2 Å². The van der Waals surface area contributed by atoms with Crippen LogP contribution >= 0.6 is 0 Å². The van der Waals surface area contributed by atoms with Crippen molar-refractivity contribution in [3.05, 3.63) is 28.3 Å². The van der Waals surface area contributed by atoms with Crippen LogP contribution in [0.25, 0.3) is 0 Å². The van der Waals surface area contributed by atoms with Crippen LogP contribution in [0.1, 0.15) is 51.9 Å². The lowest BCUT2D eigenvalue weighted by molar-refractivity contribution is -0.384. The third kappa shape index (κ3) is 6.47. The highest BCUT2D eigenvalue weighted by Gasteiger charge is 2.10. The van der Waals surface area contributed by atoms with Crippen LogP contribution in [-0.4, -0.2) is 18.6 Å². The van der Waals surface area contributed by atoms with Gasteiger partial charge in [0.25, 0.3) is 5.69 Å². The van der Waals surface area contributed by atoms with E-state index in [0.717, 1.165) is 13.0 Å². The molecule has 5 nitrogen and oxygen atoms in total. The molecule has 0 saturated carbocycles. The van der Waals surface area contributed by atoms with Crippen molar-refractivity contribution in [1.29, 1.82) is 0 Å². The number of hydrogen-bond acceptors (Lipinski definition) is 4. The summed E-state index contributed by atoms with van der Waals surface area (Å²) in [6.45, 7) is 3.03. The van der Waals surface area contributed by atoms with Crippen molar-refractivity contribution in [2.24, 2.45) is 0 Å². The Bertz CT molecular complexity index is 436. The van der Waals surface area contributed by atoms with E-state index in [1.54, 1.807) is 13.2 Å². The van der Waals surface area contributed by atoms with Gasteiger partial charge in [-0.1, -0.05) is 45.4 Å². The molecule has 0 amide bonds. The predicted molar refractivity (Wildman–Crippen MR) is 86.1 cm³/mol. The van der Waals surface area contributed by atoms with E-state index < -0.39 is 4.92 Å². The zero-order valence-electron chi connectivity index (χ0n) is 13.1. The number of non-ortho nitro benzene ring substituents is 1. The summed E-state index contributed by atoms with van der Waals surface area (Å²) < 4.78 is 5.22. The molecule has 0 bridgehead atoms. The molecule has 0 radical (unpaired) electrons. The molecule has 0 unspecified atom stereocenters. The molecule has 0 aliphatic carbocycles. The SMILES string of the molecule is CCCCCCCCCNc1cc([N+](=O)[O-])ccc1OC. The fourth-order valence-corrected chi connectivity index (χ4v) is 2.25. The summed E-state index contributed by atoms with van der Waals surface area (Å²) in [4.78, 5) is 10.4. The number of nitrogens with one attached hydrogen (secondary N) is 1. The van der Waals surface area contributed by atoms with E-state index in [4.69, 9.17) is 4.74 Å². The average molecular weight is 294 g/mol. The quantitative estimate of drug-likeness (QED) is 0.363. The lowest BCUT2D eigenvalue weighted by atomic mass is 10.1. The Morgan fingerprint density at radius 1 is 1.14 bits per heavy atom. The van der Waals surface area contributed by atoms with Gasteiger partial charge in [-0.05, 0) is 12.5 Å². The van der Waals surface area contributed by atoms with Crippen molar-refractivity contribution >= 4 is 11.4 Å². The molecule has 0 aliphatic heterocycles. The number of methoxy groups -OCH3 is 1. The number of nitro benzene ring substituents is 1. The first kappa shape index (κ1) is 17.3. The summed E-state index contributed by atoms with van der Waals surface area (Å²) >= 11 is 0. The first-order chi connectivity index (χ1) is 10.2. The molecular formula is C16H26N2O3. The monoisotopic (exact) mass is 294 g/mol. The summed E-state index contributed by atoms with van der Waals surface area (Å²) in [5, 5.41) is 14.0. The van der Waals surface area contributed by atoms with Crippen LogP contribution in [0.2, 0.25) is 0 Å². The molecule has 118 valence electrons. The number of benzene rings is 1. The standard InChI is InChI=1S/C16H26N2O3/c1-3-4-5-6-7-8-9-12-17-15-13-14(18(19)20)10-11-16(15)21-2/h10-11,13,17H,3-9,12H2,1-2H3. The normalized spacial score (nSPS) is 10.4. The minimum Gasteiger partial charge on any atom is -0.495 e. The van der Waals surface area contributed by atoms with Gasteiger partial charge in [0.2, 0.25) is 0 Å². The second-order valence-corrected chi connectivity index (χ2v) is 5.19. The molecule has 1 aromatic carbocycles. The highest BCUT2D eigenvalue weighted by molar-refractivity contribution is 5.61. The second kappa shape index (κ2) is 10.0. The summed E-state index contributed by atoms with van der Waals surface area (Å²) in [5.74, 6) is 0.642. The number of unbranched alkanes of at least 4 members (excludes halogenated alkanes) is 6. The molecular weight excluding hydrogens is 268 g/mol. The van der Waals surface area contributed by atoms with Crippen LogP contribution < -0.4 is 10.1 Å². The fourth-order valence-electron chi connectivity index (χ4n) is 2.25. The van der Waals surface area contributed by atoms with Crippen molar-refractivity contribution in [2.75, 3.05) is 19.0 Å². The van der Waals surface area contributed by atoms with Crippen LogP contribution in [0.4, 0.5) is 11.4 Å². The van der Waals surface area contributed by atoms with Crippen molar-refractivity contribution in [3.63, 3.8) is 0 Å². The van der Waals surface area contributed by atoms with Gasteiger partial charge in [0, 0.05) is 18.7 Å². The van der Waals surface area contributed by atoms with Gasteiger partial charge < -0.3 is 10.1 Å². The van der Waals surface area contributed by atoms with Crippen molar-refractivity contribution in [2.45, 2.75) is 51.9 Å². The first-order valence-electron chi connectivity index (χ1n) is 7.75. The topological polar surface area (TPSA) is 64.4 Å². The Morgan fingerprint density at radius 3 is 2.43 bits per heavy atom. The highest BCUT2D eigenvalue weighted by Crippen LogP contribution is 2.28. The van der Waals surface area contributed by atoms with Crippen molar-refractivity contribution in [3.8, 4) is 5.75 Å². The second-order valence-electron chi connectivity index (χ2n) is 5.19. The number of ether oxygens (including phenoxy) is 1. The van der Waals surface area contributed by atoms with Gasteiger partial charge in [-0.25, -0.2) is 0 Å². The molecule has 5 heteroatoms. The lowest BCUT2D eigenvalue weighted by Gasteiger charge is -2.10. The van der Waals surface area contributed by atoms with Gasteiger partial charge in [-0.3, -0.25) is 10.1 Å². The Morgan fingerprint density at radius 2 is 1.81 bits per heavy atom. The smallest absolute Gasteiger partial charge is 0.271 e.